The molecule has 0 atom stereocenters. The predicted octanol–water partition coefficient (Wildman–Crippen LogP) is 2.82. The third-order valence-electron chi connectivity index (χ3n) is 3.03. The van der Waals surface area contributed by atoms with E-state index in [1.165, 1.54) is 25.3 Å². The number of carbonyl (C=O) groups is 1. The van der Waals surface area contributed by atoms with Gasteiger partial charge in [0.25, 0.3) is 5.91 Å². The van der Waals surface area contributed by atoms with Crippen LogP contribution in [0.2, 0.25) is 0 Å². The van der Waals surface area contributed by atoms with Crippen molar-refractivity contribution < 1.29 is 18.7 Å². The van der Waals surface area contributed by atoms with Gasteiger partial charge in [-0.05, 0) is 42.8 Å². The molecule has 0 aromatic heterocycles. The number of methoxy groups -OCH3 is 1. The Morgan fingerprint density at radius 3 is 2.62 bits per heavy atom. The molecule has 0 radical (unpaired) electrons. The number of benzene rings is 2. The second-order valence-electron chi connectivity index (χ2n) is 4.61. The quantitative estimate of drug-likeness (QED) is 0.920. The van der Waals surface area contributed by atoms with Crippen LogP contribution in [0.15, 0.2) is 36.4 Å². The first-order valence-corrected chi connectivity index (χ1v) is 6.37. The maximum absolute atomic E-state index is 13.3. The number of ether oxygens (including phenoxy) is 2. The van der Waals surface area contributed by atoms with E-state index in [1.54, 1.807) is 18.2 Å². The van der Waals surface area contributed by atoms with E-state index < -0.39 is 5.91 Å². The lowest BCUT2D eigenvalue weighted by atomic mass is 10.1. The normalized spacial score (nSPS) is 10.2. The average molecular weight is 289 g/mol. The molecule has 5 heteroatoms. The monoisotopic (exact) mass is 289 g/mol. The van der Waals surface area contributed by atoms with Gasteiger partial charge in [0.15, 0.2) is 0 Å². The van der Waals surface area contributed by atoms with Gasteiger partial charge < -0.3 is 15.2 Å². The SMILES string of the molecule is COc1ccc(F)cc1COc1cc(C)ccc1C(N)=O. The van der Waals surface area contributed by atoms with Crippen LogP contribution in [-0.2, 0) is 6.61 Å². The minimum atomic E-state index is -0.573. The molecule has 2 rings (SSSR count). The van der Waals surface area contributed by atoms with Gasteiger partial charge in [-0.1, -0.05) is 6.07 Å². The standard InChI is InChI=1S/C16H16FNO3/c1-10-3-5-13(16(18)19)15(7-10)21-9-11-8-12(17)4-6-14(11)20-2/h3-8H,9H2,1-2H3,(H2,18,19). The van der Waals surface area contributed by atoms with E-state index in [0.29, 0.717) is 17.1 Å². The van der Waals surface area contributed by atoms with Crippen molar-refractivity contribution in [3.8, 4) is 11.5 Å². The van der Waals surface area contributed by atoms with E-state index >= 15 is 0 Å². The Morgan fingerprint density at radius 2 is 1.95 bits per heavy atom. The number of hydrogen-bond acceptors (Lipinski definition) is 3. The van der Waals surface area contributed by atoms with Gasteiger partial charge in [0.1, 0.15) is 23.9 Å². The molecule has 2 aromatic rings. The molecule has 2 aromatic carbocycles. The minimum absolute atomic E-state index is 0.0741. The molecule has 0 spiro atoms. The van der Waals surface area contributed by atoms with Crippen LogP contribution in [0.1, 0.15) is 21.5 Å². The van der Waals surface area contributed by atoms with Crippen molar-refractivity contribution in [2.45, 2.75) is 13.5 Å². The largest absolute Gasteiger partial charge is 0.496 e. The Balaban J connectivity index is 2.26. The zero-order valence-corrected chi connectivity index (χ0v) is 11.9. The third-order valence-corrected chi connectivity index (χ3v) is 3.03. The van der Waals surface area contributed by atoms with E-state index in [1.807, 2.05) is 6.92 Å². The number of halogens is 1. The lowest BCUT2D eigenvalue weighted by Crippen LogP contribution is -2.13. The first-order valence-electron chi connectivity index (χ1n) is 6.37. The topological polar surface area (TPSA) is 61.6 Å². The average Bonchev–Trinajstić information content (AvgIpc) is 2.45. The van der Waals surface area contributed by atoms with Crippen molar-refractivity contribution in [3.63, 3.8) is 0 Å². The molecular formula is C16H16FNO3. The van der Waals surface area contributed by atoms with Crippen LogP contribution >= 0.6 is 0 Å². The van der Waals surface area contributed by atoms with Crippen LogP contribution in [0.5, 0.6) is 11.5 Å². The number of hydrogen-bond donors (Lipinski definition) is 1. The molecule has 0 unspecified atom stereocenters. The summed E-state index contributed by atoms with van der Waals surface area (Å²) < 4.78 is 24.1. The fourth-order valence-electron chi connectivity index (χ4n) is 1.97. The minimum Gasteiger partial charge on any atom is -0.496 e. The van der Waals surface area contributed by atoms with Crippen LogP contribution in [0.4, 0.5) is 4.39 Å². The number of aryl methyl sites for hydroxylation is 1. The van der Waals surface area contributed by atoms with Gasteiger partial charge in [-0.25, -0.2) is 4.39 Å². The van der Waals surface area contributed by atoms with Gasteiger partial charge in [-0.3, -0.25) is 4.79 Å². The molecule has 4 nitrogen and oxygen atoms in total. The van der Waals surface area contributed by atoms with E-state index in [0.717, 1.165) is 5.56 Å². The fraction of sp³-hybridized carbons (Fsp3) is 0.188. The molecule has 21 heavy (non-hydrogen) atoms. The van der Waals surface area contributed by atoms with Gasteiger partial charge >= 0.3 is 0 Å². The molecule has 0 aliphatic rings. The number of rotatable bonds is 5. The molecule has 0 fully saturated rings. The van der Waals surface area contributed by atoms with Crippen molar-refractivity contribution in [1.29, 1.82) is 0 Å². The highest BCUT2D eigenvalue weighted by Crippen LogP contribution is 2.24. The van der Waals surface area contributed by atoms with E-state index in [2.05, 4.69) is 0 Å². The summed E-state index contributed by atoms with van der Waals surface area (Å²) in [5.41, 5.74) is 7.08. The van der Waals surface area contributed by atoms with Gasteiger partial charge in [-0.15, -0.1) is 0 Å². The fourth-order valence-corrected chi connectivity index (χ4v) is 1.97. The summed E-state index contributed by atoms with van der Waals surface area (Å²) >= 11 is 0. The number of amides is 1. The van der Waals surface area contributed by atoms with Gasteiger partial charge in [0.05, 0.1) is 12.7 Å². The Kier molecular flexibility index (Phi) is 4.42. The molecule has 0 aliphatic heterocycles. The summed E-state index contributed by atoms with van der Waals surface area (Å²) in [6.07, 6.45) is 0. The van der Waals surface area contributed by atoms with Gasteiger partial charge in [0.2, 0.25) is 0 Å². The predicted molar refractivity (Wildman–Crippen MR) is 77.0 cm³/mol. The second-order valence-corrected chi connectivity index (χ2v) is 4.61. The molecule has 0 heterocycles. The molecule has 1 amide bonds. The zero-order valence-electron chi connectivity index (χ0n) is 11.9. The van der Waals surface area contributed by atoms with Gasteiger partial charge in [-0.2, -0.15) is 0 Å². The lowest BCUT2D eigenvalue weighted by Gasteiger charge is -2.13. The van der Waals surface area contributed by atoms with E-state index in [4.69, 9.17) is 15.2 Å². The molecule has 2 N–H and O–H groups in total. The molecule has 0 saturated heterocycles. The Bertz CT molecular complexity index is 671. The highest BCUT2D eigenvalue weighted by Gasteiger charge is 2.11. The van der Waals surface area contributed by atoms with Gasteiger partial charge in [0, 0.05) is 5.56 Å². The molecule has 0 bridgehead atoms. The Morgan fingerprint density at radius 1 is 1.19 bits per heavy atom. The van der Waals surface area contributed by atoms with Crippen molar-refractivity contribution in [3.05, 3.63) is 58.9 Å². The maximum Gasteiger partial charge on any atom is 0.252 e. The third kappa shape index (κ3) is 3.51. The number of primary amides is 1. The number of carbonyl (C=O) groups excluding carboxylic acids is 1. The Labute approximate surface area is 122 Å². The molecule has 110 valence electrons. The molecule has 0 saturated carbocycles. The van der Waals surface area contributed by atoms with Crippen LogP contribution in [0.25, 0.3) is 0 Å². The Hall–Kier alpha value is -2.56. The highest BCUT2D eigenvalue weighted by molar-refractivity contribution is 5.95. The van der Waals surface area contributed by atoms with E-state index in [9.17, 15) is 9.18 Å². The first-order chi connectivity index (χ1) is 10.0. The summed E-state index contributed by atoms with van der Waals surface area (Å²) in [6, 6.07) is 9.26. The zero-order chi connectivity index (χ0) is 15.4. The smallest absolute Gasteiger partial charge is 0.252 e. The first kappa shape index (κ1) is 14.8. The molecular weight excluding hydrogens is 273 g/mol. The van der Waals surface area contributed by atoms with Crippen molar-refractivity contribution in [2.24, 2.45) is 5.73 Å². The van der Waals surface area contributed by atoms with Crippen molar-refractivity contribution in [1.82, 2.24) is 0 Å². The maximum atomic E-state index is 13.3. The second kappa shape index (κ2) is 6.26. The van der Waals surface area contributed by atoms with E-state index in [-0.39, 0.29) is 18.0 Å². The van der Waals surface area contributed by atoms with Crippen molar-refractivity contribution in [2.75, 3.05) is 7.11 Å². The van der Waals surface area contributed by atoms with Crippen LogP contribution < -0.4 is 15.2 Å². The lowest BCUT2D eigenvalue weighted by molar-refractivity contribution is 0.0996. The summed E-state index contributed by atoms with van der Waals surface area (Å²) in [6.45, 7) is 1.95. The van der Waals surface area contributed by atoms with Crippen LogP contribution in [0, 0.1) is 12.7 Å². The summed E-state index contributed by atoms with van der Waals surface area (Å²) in [5, 5.41) is 0. The molecule has 0 aliphatic carbocycles. The number of nitrogens with two attached hydrogens (primary N) is 1. The summed E-state index contributed by atoms with van der Waals surface area (Å²) in [7, 11) is 1.50. The summed E-state index contributed by atoms with van der Waals surface area (Å²) in [4.78, 5) is 11.4. The van der Waals surface area contributed by atoms with Crippen LogP contribution in [0.3, 0.4) is 0 Å². The highest BCUT2D eigenvalue weighted by atomic mass is 19.1. The summed E-state index contributed by atoms with van der Waals surface area (Å²) in [5.74, 6) is -0.0662. The van der Waals surface area contributed by atoms with Crippen LogP contribution in [-0.4, -0.2) is 13.0 Å². The van der Waals surface area contributed by atoms with Crippen molar-refractivity contribution >= 4 is 5.91 Å².